The van der Waals surface area contributed by atoms with E-state index in [0.717, 1.165) is 51.4 Å². The van der Waals surface area contributed by atoms with Gasteiger partial charge in [0, 0.05) is 16.2 Å². The molecule has 3 aliphatic carbocycles. The van der Waals surface area contributed by atoms with Crippen molar-refractivity contribution in [2.24, 2.45) is 17.3 Å². The first-order valence-electron chi connectivity index (χ1n) is 17.0. The molecule has 3 aliphatic rings. The van der Waals surface area contributed by atoms with Gasteiger partial charge >= 0.3 is 0 Å². The average Bonchev–Trinajstić information content (AvgIpc) is 3.10. The van der Waals surface area contributed by atoms with E-state index in [1.165, 1.54) is 22.3 Å². The number of allylic oxidation sites excluding steroid dienone is 2. The van der Waals surface area contributed by atoms with Crippen molar-refractivity contribution in [2.45, 2.75) is 68.3 Å². The van der Waals surface area contributed by atoms with Crippen LogP contribution < -0.4 is 0 Å². The fourth-order valence-electron chi connectivity index (χ4n) is 9.58. The molecule has 47 heavy (non-hydrogen) atoms. The molecule has 0 bridgehead atoms. The molecule has 242 valence electrons. The van der Waals surface area contributed by atoms with Crippen LogP contribution >= 0.6 is 0 Å². The summed E-state index contributed by atoms with van der Waals surface area (Å²) >= 11 is 0. The maximum Gasteiger partial charge on any atom is 0.115 e. The lowest BCUT2D eigenvalue weighted by Gasteiger charge is -2.55. The lowest BCUT2D eigenvalue weighted by Crippen LogP contribution is -2.51. The summed E-state index contributed by atoms with van der Waals surface area (Å²) < 4.78 is 0. The van der Waals surface area contributed by atoms with Gasteiger partial charge in [-0.15, -0.1) is 0 Å². The zero-order valence-corrected chi connectivity index (χ0v) is 26.7. The third kappa shape index (κ3) is 5.41. The second kappa shape index (κ2) is 12.3. The average molecular weight is 629 g/mol. The Labute approximate surface area is 277 Å². The molecule has 4 aromatic rings. The zero-order chi connectivity index (χ0) is 32.6. The summed E-state index contributed by atoms with van der Waals surface area (Å²) in [6.45, 7) is 0. The van der Waals surface area contributed by atoms with Crippen LogP contribution in [0.5, 0.6) is 23.0 Å². The second-order valence-corrected chi connectivity index (χ2v) is 14.1. The second-order valence-electron chi connectivity index (χ2n) is 14.1. The van der Waals surface area contributed by atoms with Gasteiger partial charge in [0.25, 0.3) is 0 Å². The molecule has 2 saturated carbocycles. The van der Waals surface area contributed by atoms with Crippen LogP contribution in [0.25, 0.3) is 0 Å². The Bertz CT molecular complexity index is 1510. The van der Waals surface area contributed by atoms with Crippen LogP contribution in [-0.2, 0) is 10.8 Å². The van der Waals surface area contributed by atoms with Gasteiger partial charge in [-0.2, -0.15) is 0 Å². The number of benzene rings is 4. The molecule has 1 unspecified atom stereocenters. The van der Waals surface area contributed by atoms with Crippen LogP contribution in [0.3, 0.4) is 0 Å². The van der Waals surface area contributed by atoms with Crippen molar-refractivity contribution in [3.8, 4) is 23.0 Å². The predicted octanol–water partition coefficient (Wildman–Crippen LogP) is 8.64. The van der Waals surface area contributed by atoms with Gasteiger partial charge in [-0.3, -0.25) is 0 Å². The van der Waals surface area contributed by atoms with Crippen LogP contribution in [-0.4, -0.2) is 31.6 Å². The van der Waals surface area contributed by atoms with Crippen molar-refractivity contribution in [2.75, 3.05) is 0 Å². The number of aliphatic hydroxyl groups excluding tert-OH is 1. The van der Waals surface area contributed by atoms with Gasteiger partial charge in [-0.05, 0) is 134 Å². The Morgan fingerprint density at radius 2 is 0.723 bits per heavy atom. The Kier molecular flexibility index (Phi) is 8.13. The SMILES string of the molecule is Oc1ccc(C2(c3ccc(O)cc3)CCC(C3(C4CCC(c5ccc(O)cc5)(c5ccc(O)cc5)CC4)C=CC=CC3O)CC2)cc1. The monoisotopic (exact) mass is 628 g/mol. The van der Waals surface area contributed by atoms with E-state index in [9.17, 15) is 25.5 Å². The molecule has 0 radical (unpaired) electrons. The minimum Gasteiger partial charge on any atom is -0.508 e. The molecule has 0 saturated heterocycles. The summed E-state index contributed by atoms with van der Waals surface area (Å²) in [6.07, 6.45) is 15.2. The molecular formula is C42H44O5. The maximum atomic E-state index is 11.9. The molecule has 5 heteroatoms. The highest BCUT2D eigenvalue weighted by Crippen LogP contribution is 2.59. The molecular weight excluding hydrogens is 584 g/mol. The normalized spacial score (nSPS) is 22.2. The van der Waals surface area contributed by atoms with E-state index in [0.29, 0.717) is 0 Å². The number of hydrogen-bond donors (Lipinski definition) is 5. The van der Waals surface area contributed by atoms with Crippen molar-refractivity contribution in [1.29, 1.82) is 0 Å². The van der Waals surface area contributed by atoms with Crippen LogP contribution in [0.15, 0.2) is 121 Å². The maximum absolute atomic E-state index is 11.9. The number of hydrogen-bond acceptors (Lipinski definition) is 5. The van der Waals surface area contributed by atoms with E-state index in [4.69, 9.17) is 0 Å². The van der Waals surface area contributed by atoms with Crippen molar-refractivity contribution in [3.05, 3.63) is 144 Å². The molecule has 0 heterocycles. The standard InChI is InChI=1S/C42H44O5/c43-35-12-4-29(5-13-35)40(30-6-14-36(44)15-7-30)25-20-33(21-26-40)42(24-2-1-3-39(42)47)34-22-27-41(28-23-34,31-8-16-37(45)17-9-31)32-10-18-38(46)19-11-32/h1-19,24,33-34,39,43-47H,20-23,25-28H2. The minimum absolute atomic E-state index is 0.248. The lowest BCUT2D eigenvalue weighted by atomic mass is 9.50. The minimum atomic E-state index is -0.577. The molecule has 0 amide bonds. The molecule has 2 fully saturated rings. The van der Waals surface area contributed by atoms with Crippen molar-refractivity contribution < 1.29 is 25.5 Å². The van der Waals surface area contributed by atoms with Gasteiger partial charge in [0.05, 0.1) is 6.10 Å². The molecule has 0 spiro atoms. The van der Waals surface area contributed by atoms with Gasteiger partial charge in [-0.25, -0.2) is 0 Å². The molecule has 0 aromatic heterocycles. The zero-order valence-electron chi connectivity index (χ0n) is 26.7. The first-order valence-corrected chi connectivity index (χ1v) is 17.0. The Morgan fingerprint density at radius 3 is 1.00 bits per heavy atom. The van der Waals surface area contributed by atoms with E-state index in [2.05, 4.69) is 12.2 Å². The topological polar surface area (TPSA) is 101 Å². The largest absolute Gasteiger partial charge is 0.508 e. The van der Waals surface area contributed by atoms with Gasteiger partial charge < -0.3 is 25.5 Å². The van der Waals surface area contributed by atoms with Crippen molar-refractivity contribution in [3.63, 3.8) is 0 Å². The number of phenols is 4. The van der Waals surface area contributed by atoms with E-state index in [-0.39, 0.29) is 51.1 Å². The number of aromatic hydroxyl groups is 4. The van der Waals surface area contributed by atoms with Crippen molar-refractivity contribution in [1.82, 2.24) is 0 Å². The molecule has 5 N–H and O–H groups in total. The van der Waals surface area contributed by atoms with Gasteiger partial charge in [-0.1, -0.05) is 72.8 Å². The van der Waals surface area contributed by atoms with Crippen LogP contribution in [0.2, 0.25) is 0 Å². The Morgan fingerprint density at radius 1 is 0.426 bits per heavy atom. The number of aliphatic hydroxyl groups is 1. The summed E-state index contributed by atoms with van der Waals surface area (Å²) in [5.74, 6) is 1.55. The molecule has 0 aliphatic heterocycles. The van der Waals surface area contributed by atoms with Crippen molar-refractivity contribution >= 4 is 0 Å². The summed E-state index contributed by atoms with van der Waals surface area (Å²) in [4.78, 5) is 0. The Hall–Kier alpha value is -4.48. The van der Waals surface area contributed by atoms with E-state index in [1.54, 1.807) is 48.5 Å². The molecule has 5 nitrogen and oxygen atoms in total. The summed E-state index contributed by atoms with van der Waals surface area (Å²) in [5, 5.41) is 52.2. The number of rotatable bonds is 6. The predicted molar refractivity (Wildman–Crippen MR) is 185 cm³/mol. The van der Waals surface area contributed by atoms with E-state index >= 15 is 0 Å². The molecule has 4 aromatic carbocycles. The Balaban J connectivity index is 1.20. The summed E-state index contributed by atoms with van der Waals surface area (Å²) in [5.41, 5.74) is 3.77. The van der Waals surface area contributed by atoms with Gasteiger partial charge in [0.1, 0.15) is 23.0 Å². The van der Waals surface area contributed by atoms with Crippen LogP contribution in [0.4, 0.5) is 0 Å². The highest BCUT2D eigenvalue weighted by atomic mass is 16.3. The highest BCUT2D eigenvalue weighted by Gasteiger charge is 2.54. The summed E-state index contributed by atoms with van der Waals surface area (Å²) in [7, 11) is 0. The van der Waals surface area contributed by atoms with Crippen LogP contribution in [0.1, 0.15) is 73.6 Å². The first kappa shape index (κ1) is 31.1. The third-order valence-corrected chi connectivity index (χ3v) is 12.1. The summed E-state index contributed by atoms with van der Waals surface area (Å²) in [6, 6.07) is 30.4. The highest BCUT2D eigenvalue weighted by molar-refractivity contribution is 5.45. The fraction of sp³-hybridized carbons (Fsp3) is 0.333. The van der Waals surface area contributed by atoms with Gasteiger partial charge in [0.2, 0.25) is 0 Å². The van der Waals surface area contributed by atoms with E-state index < -0.39 is 6.10 Å². The number of phenolic OH excluding ortho intramolecular Hbond substituents is 4. The lowest BCUT2D eigenvalue weighted by molar-refractivity contribution is -0.0383. The van der Waals surface area contributed by atoms with Gasteiger partial charge in [0.15, 0.2) is 0 Å². The first-order chi connectivity index (χ1) is 22.7. The molecule has 7 rings (SSSR count). The third-order valence-electron chi connectivity index (χ3n) is 12.1. The van der Waals surface area contributed by atoms with Crippen LogP contribution in [0, 0.1) is 17.3 Å². The quantitative estimate of drug-likeness (QED) is 0.147. The molecule has 1 atom stereocenters. The fourth-order valence-corrected chi connectivity index (χ4v) is 9.58. The van der Waals surface area contributed by atoms with E-state index in [1.807, 2.05) is 60.7 Å². The smallest absolute Gasteiger partial charge is 0.115 e.